The SMILES string of the molecule is CC(=S)c1csc(-c2sccc2-c2cccs2)c1C(C)=S. The Hall–Kier alpha value is -0.720. The summed E-state index contributed by atoms with van der Waals surface area (Å²) in [5, 5.41) is 6.40. The highest BCUT2D eigenvalue weighted by atomic mass is 32.1. The third kappa shape index (κ3) is 2.81. The first-order chi connectivity index (χ1) is 10.1. The van der Waals surface area contributed by atoms with Crippen LogP contribution >= 0.6 is 58.4 Å². The van der Waals surface area contributed by atoms with Gasteiger partial charge >= 0.3 is 0 Å². The van der Waals surface area contributed by atoms with Crippen molar-refractivity contribution >= 4 is 68.2 Å². The van der Waals surface area contributed by atoms with Crippen LogP contribution in [0, 0.1) is 0 Å². The summed E-state index contributed by atoms with van der Waals surface area (Å²) in [5.41, 5.74) is 3.55. The predicted octanol–water partition coefficient (Wildman–Crippen LogP) is 6.68. The highest BCUT2D eigenvalue weighted by Crippen LogP contribution is 2.44. The normalized spacial score (nSPS) is 10.8. The molecule has 0 spiro atoms. The molecule has 0 amide bonds. The second-order valence-corrected chi connectivity index (χ2v) is 8.57. The maximum Gasteiger partial charge on any atom is 0.0539 e. The first-order valence-corrected chi connectivity index (χ1v) is 9.80. The zero-order chi connectivity index (χ0) is 15.0. The quantitative estimate of drug-likeness (QED) is 0.374. The minimum absolute atomic E-state index is 0.908. The van der Waals surface area contributed by atoms with Gasteiger partial charge in [-0.05, 0) is 36.7 Å². The Morgan fingerprint density at radius 3 is 2.33 bits per heavy atom. The summed E-state index contributed by atoms with van der Waals surface area (Å²) in [6, 6.07) is 6.45. The average Bonchev–Trinajstić information content (AvgIpc) is 3.17. The van der Waals surface area contributed by atoms with E-state index in [1.807, 2.05) is 13.8 Å². The van der Waals surface area contributed by atoms with Crippen LogP contribution in [0.3, 0.4) is 0 Å². The van der Waals surface area contributed by atoms with E-state index in [2.05, 4.69) is 34.3 Å². The number of hydrogen-bond donors (Lipinski definition) is 0. The Labute approximate surface area is 147 Å². The lowest BCUT2D eigenvalue weighted by atomic mass is 10.0. The molecule has 0 aliphatic carbocycles. The van der Waals surface area contributed by atoms with Crippen molar-refractivity contribution < 1.29 is 0 Å². The minimum atomic E-state index is 0.908. The lowest BCUT2D eigenvalue weighted by Gasteiger charge is -2.06. The zero-order valence-corrected chi connectivity index (χ0v) is 15.6. The summed E-state index contributed by atoms with van der Waals surface area (Å²) in [6.45, 7) is 3.96. The molecule has 3 aromatic rings. The molecular formula is C16H12S5. The van der Waals surface area contributed by atoms with Gasteiger partial charge in [-0.25, -0.2) is 0 Å². The van der Waals surface area contributed by atoms with Gasteiger partial charge in [0.05, 0.1) is 9.75 Å². The summed E-state index contributed by atoms with van der Waals surface area (Å²) in [6.07, 6.45) is 0. The number of rotatable bonds is 4. The van der Waals surface area contributed by atoms with Gasteiger partial charge in [-0.3, -0.25) is 0 Å². The topological polar surface area (TPSA) is 0 Å². The van der Waals surface area contributed by atoms with Gasteiger partial charge in [0, 0.05) is 36.7 Å². The first-order valence-electron chi connectivity index (χ1n) is 6.34. The maximum atomic E-state index is 5.48. The van der Waals surface area contributed by atoms with E-state index in [0.29, 0.717) is 0 Å². The Bertz CT molecular complexity index is 802. The molecule has 3 rings (SSSR count). The second kappa shape index (κ2) is 6.18. The van der Waals surface area contributed by atoms with Crippen LogP contribution in [0.4, 0.5) is 0 Å². The molecule has 0 nitrogen and oxygen atoms in total. The summed E-state index contributed by atoms with van der Waals surface area (Å²) >= 11 is 16.1. The van der Waals surface area contributed by atoms with Gasteiger partial charge in [0.2, 0.25) is 0 Å². The maximum absolute atomic E-state index is 5.48. The highest BCUT2D eigenvalue weighted by molar-refractivity contribution is 7.81. The number of thiocarbonyl (C=S) groups is 2. The van der Waals surface area contributed by atoms with Gasteiger partial charge in [0.15, 0.2) is 0 Å². The lowest BCUT2D eigenvalue weighted by Crippen LogP contribution is -1.99. The molecular weight excluding hydrogens is 353 g/mol. The largest absolute Gasteiger partial charge is 0.144 e. The third-order valence-electron chi connectivity index (χ3n) is 3.18. The van der Waals surface area contributed by atoms with Crippen LogP contribution < -0.4 is 0 Å². The highest BCUT2D eigenvalue weighted by Gasteiger charge is 2.20. The molecule has 0 saturated heterocycles. The Morgan fingerprint density at radius 1 is 0.905 bits per heavy atom. The van der Waals surface area contributed by atoms with Gasteiger partial charge in [-0.15, -0.1) is 34.0 Å². The lowest BCUT2D eigenvalue weighted by molar-refractivity contribution is 1.73. The molecule has 3 heterocycles. The Balaban J connectivity index is 2.21. The molecule has 0 radical (unpaired) electrons. The second-order valence-electron chi connectivity index (χ2n) is 4.61. The van der Waals surface area contributed by atoms with E-state index in [1.54, 1.807) is 34.0 Å². The molecule has 0 N–H and O–H groups in total. The molecule has 5 heteroatoms. The van der Waals surface area contributed by atoms with Crippen molar-refractivity contribution in [3.05, 3.63) is 45.5 Å². The average molecular weight is 365 g/mol. The number of hydrogen-bond acceptors (Lipinski definition) is 5. The van der Waals surface area contributed by atoms with E-state index in [9.17, 15) is 0 Å². The van der Waals surface area contributed by atoms with Crippen LogP contribution in [0.1, 0.15) is 25.0 Å². The predicted molar refractivity (Wildman–Crippen MR) is 106 cm³/mol. The molecule has 0 saturated carbocycles. The van der Waals surface area contributed by atoms with Crippen molar-refractivity contribution in [2.24, 2.45) is 0 Å². The van der Waals surface area contributed by atoms with Crippen LogP contribution in [0.25, 0.3) is 20.2 Å². The van der Waals surface area contributed by atoms with Crippen LogP contribution in [0.5, 0.6) is 0 Å². The molecule has 0 unspecified atom stereocenters. The number of thiophene rings is 3. The first kappa shape index (κ1) is 15.2. The Morgan fingerprint density at radius 2 is 1.71 bits per heavy atom. The summed E-state index contributed by atoms with van der Waals surface area (Å²) in [7, 11) is 0. The molecule has 106 valence electrons. The summed E-state index contributed by atoms with van der Waals surface area (Å²) < 4.78 is 0. The fourth-order valence-electron chi connectivity index (χ4n) is 2.24. The van der Waals surface area contributed by atoms with Crippen molar-refractivity contribution in [2.45, 2.75) is 13.8 Å². The van der Waals surface area contributed by atoms with Crippen molar-refractivity contribution in [1.29, 1.82) is 0 Å². The van der Waals surface area contributed by atoms with Crippen molar-refractivity contribution in [3.63, 3.8) is 0 Å². The van der Waals surface area contributed by atoms with Gasteiger partial charge in [-0.1, -0.05) is 30.5 Å². The summed E-state index contributed by atoms with van der Waals surface area (Å²) in [4.78, 5) is 5.67. The van der Waals surface area contributed by atoms with Crippen LogP contribution in [0.2, 0.25) is 0 Å². The van der Waals surface area contributed by atoms with Crippen LogP contribution in [-0.4, -0.2) is 9.73 Å². The molecule has 0 bridgehead atoms. The van der Waals surface area contributed by atoms with E-state index in [-0.39, 0.29) is 0 Å². The molecule has 0 atom stereocenters. The summed E-state index contributed by atoms with van der Waals surface area (Å²) in [5.74, 6) is 0. The minimum Gasteiger partial charge on any atom is -0.144 e. The molecule has 21 heavy (non-hydrogen) atoms. The standard InChI is InChI=1S/C16H12S5/c1-9(17)12-8-21-16(14(12)10(2)18)15-11(5-7-20-15)13-4-3-6-19-13/h3-8H,1-2H3. The van der Waals surface area contributed by atoms with Gasteiger partial charge < -0.3 is 0 Å². The van der Waals surface area contributed by atoms with Crippen LogP contribution in [-0.2, 0) is 0 Å². The monoisotopic (exact) mass is 364 g/mol. The zero-order valence-electron chi connectivity index (χ0n) is 11.5. The van der Waals surface area contributed by atoms with E-state index in [1.165, 1.54) is 20.2 Å². The smallest absolute Gasteiger partial charge is 0.0539 e. The van der Waals surface area contributed by atoms with Crippen molar-refractivity contribution in [2.75, 3.05) is 0 Å². The molecule has 0 aliphatic heterocycles. The molecule has 3 aromatic heterocycles. The van der Waals surface area contributed by atoms with Gasteiger partial charge in [-0.2, -0.15) is 0 Å². The molecule has 0 aliphatic rings. The third-order valence-corrected chi connectivity index (χ3v) is 6.57. The van der Waals surface area contributed by atoms with Gasteiger partial charge in [0.1, 0.15) is 0 Å². The van der Waals surface area contributed by atoms with Crippen LogP contribution in [0.15, 0.2) is 34.3 Å². The molecule has 0 fully saturated rings. The van der Waals surface area contributed by atoms with E-state index in [0.717, 1.165) is 20.9 Å². The fourth-order valence-corrected chi connectivity index (χ4v) is 5.85. The van der Waals surface area contributed by atoms with E-state index < -0.39 is 0 Å². The van der Waals surface area contributed by atoms with Crippen molar-refractivity contribution in [1.82, 2.24) is 0 Å². The van der Waals surface area contributed by atoms with Gasteiger partial charge in [0.25, 0.3) is 0 Å². The van der Waals surface area contributed by atoms with E-state index >= 15 is 0 Å². The van der Waals surface area contributed by atoms with Crippen molar-refractivity contribution in [3.8, 4) is 20.2 Å². The fraction of sp³-hybridized carbons (Fsp3) is 0.125. The van der Waals surface area contributed by atoms with E-state index in [4.69, 9.17) is 24.4 Å². The molecule has 0 aromatic carbocycles. The Kier molecular flexibility index (Phi) is 4.47.